The molecule has 0 bridgehead atoms. The SMILES string of the molecule is COC1CC(NC(=O)N[C@H](CCSC)C(=O)O)C1. The van der Waals surface area contributed by atoms with Gasteiger partial charge in [0.25, 0.3) is 0 Å². The third-order valence-electron chi connectivity index (χ3n) is 2.98. The number of aliphatic carboxylic acids is 1. The van der Waals surface area contributed by atoms with Crippen molar-refractivity contribution in [3.8, 4) is 0 Å². The van der Waals surface area contributed by atoms with E-state index in [4.69, 9.17) is 9.84 Å². The number of ether oxygens (including phenoxy) is 1. The molecule has 1 fully saturated rings. The highest BCUT2D eigenvalue weighted by Gasteiger charge is 2.31. The first kappa shape index (κ1) is 15.1. The Balaban J connectivity index is 2.26. The van der Waals surface area contributed by atoms with Gasteiger partial charge in [0.2, 0.25) is 0 Å². The molecule has 0 aromatic heterocycles. The lowest BCUT2D eigenvalue weighted by atomic mass is 9.89. The third kappa shape index (κ3) is 4.73. The van der Waals surface area contributed by atoms with Crippen molar-refractivity contribution in [1.82, 2.24) is 10.6 Å². The number of nitrogens with one attached hydrogen (secondary N) is 2. The normalized spacial score (nSPS) is 23.9. The summed E-state index contributed by atoms with van der Waals surface area (Å²) >= 11 is 1.56. The van der Waals surface area contributed by atoms with Crippen LogP contribution in [0.3, 0.4) is 0 Å². The summed E-state index contributed by atoms with van der Waals surface area (Å²) in [6, 6.07) is -1.15. The number of hydrogen-bond donors (Lipinski definition) is 3. The van der Waals surface area contributed by atoms with E-state index in [1.54, 1.807) is 18.9 Å². The molecular formula is C11H20N2O4S. The van der Waals surface area contributed by atoms with Crippen LogP contribution in [-0.4, -0.2) is 54.4 Å². The number of methoxy groups -OCH3 is 1. The number of carbonyl (C=O) groups is 2. The van der Waals surface area contributed by atoms with Crippen molar-refractivity contribution in [1.29, 1.82) is 0 Å². The summed E-state index contributed by atoms with van der Waals surface area (Å²) in [4.78, 5) is 22.5. The molecule has 0 aromatic rings. The van der Waals surface area contributed by atoms with Gasteiger partial charge in [-0.25, -0.2) is 9.59 Å². The molecule has 104 valence electrons. The molecule has 0 spiro atoms. The van der Waals surface area contributed by atoms with Gasteiger partial charge in [0.1, 0.15) is 6.04 Å². The highest BCUT2D eigenvalue weighted by atomic mass is 32.2. The van der Waals surface area contributed by atoms with E-state index in [1.807, 2.05) is 6.26 Å². The van der Waals surface area contributed by atoms with Crippen LogP contribution >= 0.6 is 11.8 Å². The zero-order chi connectivity index (χ0) is 13.5. The largest absolute Gasteiger partial charge is 0.480 e. The van der Waals surface area contributed by atoms with Crippen molar-refractivity contribution in [2.75, 3.05) is 19.1 Å². The standard InChI is InChI=1S/C11H20N2O4S/c1-17-8-5-7(6-8)12-11(16)13-9(10(14)15)3-4-18-2/h7-9H,3-6H2,1-2H3,(H,14,15)(H2,12,13,16)/t7?,8?,9-/m1/s1. The first-order valence-corrected chi connectivity index (χ1v) is 7.27. The third-order valence-corrected chi connectivity index (χ3v) is 3.62. The van der Waals surface area contributed by atoms with Crippen LogP contribution in [0.5, 0.6) is 0 Å². The Hall–Kier alpha value is -0.950. The monoisotopic (exact) mass is 276 g/mol. The Labute approximate surface area is 111 Å². The quantitative estimate of drug-likeness (QED) is 0.636. The Bertz CT molecular complexity index is 295. The Morgan fingerprint density at radius 2 is 2.17 bits per heavy atom. The molecule has 7 heteroatoms. The first-order chi connectivity index (χ1) is 8.56. The molecule has 18 heavy (non-hydrogen) atoms. The van der Waals surface area contributed by atoms with Gasteiger partial charge in [-0.3, -0.25) is 0 Å². The summed E-state index contributed by atoms with van der Waals surface area (Å²) in [6.45, 7) is 0. The Kier molecular flexibility index (Phi) is 6.28. The molecule has 3 N–H and O–H groups in total. The Morgan fingerprint density at radius 1 is 1.50 bits per heavy atom. The summed E-state index contributed by atoms with van der Waals surface area (Å²) in [6.07, 6.45) is 4.11. The fraction of sp³-hybridized carbons (Fsp3) is 0.818. The number of rotatable bonds is 7. The molecule has 0 aromatic carbocycles. The maximum Gasteiger partial charge on any atom is 0.326 e. The van der Waals surface area contributed by atoms with Gasteiger partial charge in [-0.1, -0.05) is 0 Å². The van der Waals surface area contributed by atoms with Gasteiger partial charge in [-0.15, -0.1) is 0 Å². The topological polar surface area (TPSA) is 87.7 Å². The highest BCUT2D eigenvalue weighted by Crippen LogP contribution is 2.22. The van der Waals surface area contributed by atoms with Gasteiger partial charge in [0.15, 0.2) is 0 Å². The van der Waals surface area contributed by atoms with Crippen molar-refractivity contribution in [2.24, 2.45) is 0 Å². The van der Waals surface area contributed by atoms with Crippen LogP contribution in [0.4, 0.5) is 4.79 Å². The summed E-state index contributed by atoms with van der Waals surface area (Å²) in [5, 5.41) is 14.2. The maximum absolute atomic E-state index is 11.6. The summed E-state index contributed by atoms with van der Waals surface area (Å²) in [5.41, 5.74) is 0. The molecule has 1 rings (SSSR count). The minimum atomic E-state index is -0.998. The van der Waals surface area contributed by atoms with Crippen LogP contribution in [-0.2, 0) is 9.53 Å². The predicted molar refractivity (Wildman–Crippen MR) is 69.9 cm³/mol. The van der Waals surface area contributed by atoms with E-state index >= 15 is 0 Å². The van der Waals surface area contributed by atoms with Crippen LogP contribution in [0.1, 0.15) is 19.3 Å². The van der Waals surface area contributed by atoms with Crippen LogP contribution in [0.15, 0.2) is 0 Å². The zero-order valence-electron chi connectivity index (χ0n) is 10.6. The summed E-state index contributed by atoms with van der Waals surface area (Å²) in [7, 11) is 1.64. The van der Waals surface area contributed by atoms with Gasteiger partial charge < -0.3 is 20.5 Å². The van der Waals surface area contributed by atoms with E-state index in [0.29, 0.717) is 12.2 Å². The number of carbonyl (C=O) groups excluding carboxylic acids is 1. The van der Waals surface area contributed by atoms with E-state index in [2.05, 4.69) is 10.6 Å². The van der Waals surface area contributed by atoms with E-state index in [9.17, 15) is 9.59 Å². The van der Waals surface area contributed by atoms with Crippen LogP contribution in [0, 0.1) is 0 Å². The molecule has 6 nitrogen and oxygen atoms in total. The van der Waals surface area contributed by atoms with Gasteiger partial charge >= 0.3 is 12.0 Å². The molecule has 0 aliphatic heterocycles. The fourth-order valence-electron chi connectivity index (χ4n) is 1.75. The molecule has 2 amide bonds. The second-order valence-corrected chi connectivity index (χ2v) is 5.30. The lowest BCUT2D eigenvalue weighted by Gasteiger charge is -2.34. The number of amides is 2. The number of thioether (sulfide) groups is 1. The van der Waals surface area contributed by atoms with E-state index in [0.717, 1.165) is 12.8 Å². The lowest BCUT2D eigenvalue weighted by molar-refractivity contribution is -0.139. The first-order valence-electron chi connectivity index (χ1n) is 5.88. The van der Waals surface area contributed by atoms with Crippen LogP contribution < -0.4 is 10.6 Å². The molecule has 1 aliphatic carbocycles. The van der Waals surface area contributed by atoms with Crippen LogP contribution in [0.2, 0.25) is 0 Å². The van der Waals surface area contributed by atoms with Crippen molar-refractivity contribution in [3.05, 3.63) is 0 Å². The van der Waals surface area contributed by atoms with Crippen molar-refractivity contribution >= 4 is 23.8 Å². The minimum Gasteiger partial charge on any atom is -0.480 e. The van der Waals surface area contributed by atoms with Gasteiger partial charge in [0, 0.05) is 13.2 Å². The maximum atomic E-state index is 11.6. The van der Waals surface area contributed by atoms with Crippen molar-refractivity contribution in [2.45, 2.75) is 37.5 Å². The average molecular weight is 276 g/mol. The second-order valence-electron chi connectivity index (χ2n) is 4.32. The van der Waals surface area contributed by atoms with Gasteiger partial charge in [0.05, 0.1) is 6.10 Å². The fourth-order valence-corrected chi connectivity index (χ4v) is 2.23. The summed E-state index contributed by atoms with van der Waals surface area (Å²) in [5.74, 6) is -0.297. The molecule has 1 aliphatic rings. The molecule has 0 saturated heterocycles. The molecule has 1 atom stereocenters. The molecule has 0 unspecified atom stereocenters. The summed E-state index contributed by atoms with van der Waals surface area (Å²) < 4.78 is 5.10. The molecular weight excluding hydrogens is 256 g/mol. The number of hydrogen-bond acceptors (Lipinski definition) is 4. The second kappa shape index (κ2) is 7.48. The van der Waals surface area contributed by atoms with E-state index < -0.39 is 18.0 Å². The number of carboxylic acids is 1. The van der Waals surface area contributed by atoms with E-state index in [-0.39, 0.29) is 12.1 Å². The highest BCUT2D eigenvalue weighted by molar-refractivity contribution is 7.98. The number of carboxylic acid groups (broad SMARTS) is 1. The van der Waals surface area contributed by atoms with Gasteiger partial charge in [-0.05, 0) is 31.3 Å². The minimum absolute atomic E-state index is 0.0879. The Morgan fingerprint density at radius 3 is 2.67 bits per heavy atom. The lowest BCUT2D eigenvalue weighted by Crippen LogP contribution is -2.53. The molecule has 1 saturated carbocycles. The average Bonchev–Trinajstić information content (AvgIpc) is 2.28. The van der Waals surface area contributed by atoms with E-state index in [1.165, 1.54) is 0 Å². The molecule has 0 heterocycles. The zero-order valence-corrected chi connectivity index (χ0v) is 11.5. The molecule has 0 radical (unpaired) electrons. The van der Waals surface area contributed by atoms with Crippen molar-refractivity contribution in [3.63, 3.8) is 0 Å². The van der Waals surface area contributed by atoms with Crippen molar-refractivity contribution < 1.29 is 19.4 Å². The van der Waals surface area contributed by atoms with Gasteiger partial charge in [-0.2, -0.15) is 11.8 Å². The number of urea groups is 1. The van der Waals surface area contributed by atoms with Crippen LogP contribution in [0.25, 0.3) is 0 Å². The predicted octanol–water partition coefficient (Wildman–Crippen LogP) is 0.669. The smallest absolute Gasteiger partial charge is 0.326 e.